The first-order chi connectivity index (χ1) is 24.2. The predicted molar refractivity (Wildman–Crippen MR) is 178 cm³/mol. The molecule has 4 aromatic heterocycles. The molecule has 13 nitrogen and oxygen atoms in total. The maximum absolute atomic E-state index is 15.0. The molecule has 0 saturated carbocycles. The minimum atomic E-state index is -0.800. The second-order valence-electron chi connectivity index (χ2n) is 12.5. The summed E-state index contributed by atoms with van der Waals surface area (Å²) in [5, 5.41) is 8.23. The van der Waals surface area contributed by atoms with Gasteiger partial charge in [0.15, 0.2) is 11.5 Å². The summed E-state index contributed by atoms with van der Waals surface area (Å²) in [6, 6.07) is 6.80. The molecule has 2 aliphatic heterocycles. The van der Waals surface area contributed by atoms with Gasteiger partial charge in [-0.1, -0.05) is 0 Å². The zero-order valence-electron chi connectivity index (χ0n) is 27.4. The topological polar surface area (TPSA) is 132 Å². The summed E-state index contributed by atoms with van der Waals surface area (Å²) in [7, 11) is 1.74. The average molecular weight is 684 g/mol. The van der Waals surface area contributed by atoms with Crippen LogP contribution in [0, 0.1) is 24.4 Å². The third-order valence-electron chi connectivity index (χ3n) is 9.25. The summed E-state index contributed by atoms with van der Waals surface area (Å²) >= 11 is 0. The first-order valence-electron chi connectivity index (χ1n) is 16.2. The monoisotopic (exact) mass is 683 g/mol. The lowest BCUT2D eigenvalue weighted by Gasteiger charge is -2.31. The number of halogens is 3. The Morgan fingerprint density at radius 2 is 1.86 bits per heavy atom. The molecular formula is C34H32F3N11O2. The van der Waals surface area contributed by atoms with Gasteiger partial charge in [-0.3, -0.25) is 4.79 Å². The van der Waals surface area contributed by atoms with Gasteiger partial charge >= 0.3 is 0 Å². The Bertz CT molecular complexity index is 2270. The number of likely N-dealkylation sites (N-methyl/N-ethyl adjacent to an activating group) is 1. The summed E-state index contributed by atoms with van der Waals surface area (Å²) in [6.45, 7) is 5.10. The van der Waals surface area contributed by atoms with Crippen molar-refractivity contribution < 1.29 is 22.7 Å². The molecule has 1 saturated heterocycles. The number of aromatic nitrogens is 8. The van der Waals surface area contributed by atoms with Crippen molar-refractivity contribution in [3.05, 3.63) is 78.4 Å². The Balaban J connectivity index is 1.23. The molecule has 6 aromatic rings. The van der Waals surface area contributed by atoms with Crippen molar-refractivity contribution in [2.75, 3.05) is 37.0 Å². The van der Waals surface area contributed by atoms with E-state index in [-0.39, 0.29) is 24.2 Å². The van der Waals surface area contributed by atoms with Crippen LogP contribution in [0.2, 0.25) is 0 Å². The number of aryl methyl sites for hydroxylation is 1. The van der Waals surface area contributed by atoms with Gasteiger partial charge in [-0.2, -0.15) is 5.10 Å². The lowest BCUT2D eigenvalue weighted by atomic mass is 10.1. The van der Waals surface area contributed by atoms with Crippen molar-refractivity contribution >= 4 is 39.7 Å². The third-order valence-corrected chi connectivity index (χ3v) is 9.25. The molecule has 8 rings (SSSR count). The fourth-order valence-corrected chi connectivity index (χ4v) is 7.08. The molecule has 1 N–H and O–H groups in total. The number of nitrogens with zero attached hydrogens (tertiary/aromatic N) is 10. The zero-order valence-corrected chi connectivity index (χ0v) is 27.4. The molecule has 256 valence electrons. The summed E-state index contributed by atoms with van der Waals surface area (Å²) in [5.74, 6) is -0.710. The number of anilines is 2. The van der Waals surface area contributed by atoms with Crippen molar-refractivity contribution in [3.63, 3.8) is 0 Å². The second kappa shape index (κ2) is 12.4. The molecule has 0 unspecified atom stereocenters. The number of benzene rings is 2. The van der Waals surface area contributed by atoms with E-state index in [0.717, 1.165) is 12.1 Å². The van der Waals surface area contributed by atoms with E-state index in [9.17, 15) is 18.0 Å². The molecule has 2 aromatic carbocycles. The van der Waals surface area contributed by atoms with Crippen molar-refractivity contribution in [2.24, 2.45) is 0 Å². The van der Waals surface area contributed by atoms with E-state index in [1.165, 1.54) is 35.4 Å². The van der Waals surface area contributed by atoms with Crippen molar-refractivity contribution in [1.82, 2.24) is 44.2 Å². The van der Waals surface area contributed by atoms with Crippen LogP contribution in [0.15, 0.2) is 55.1 Å². The number of imidazole rings is 1. The van der Waals surface area contributed by atoms with Crippen LogP contribution < -0.4 is 10.2 Å². The molecule has 0 radical (unpaired) electrons. The van der Waals surface area contributed by atoms with Gasteiger partial charge in [-0.25, -0.2) is 42.8 Å². The van der Waals surface area contributed by atoms with Gasteiger partial charge in [0.1, 0.15) is 41.3 Å². The van der Waals surface area contributed by atoms with E-state index < -0.39 is 29.6 Å². The van der Waals surface area contributed by atoms with Crippen molar-refractivity contribution in [3.8, 4) is 16.9 Å². The van der Waals surface area contributed by atoms with Crippen molar-refractivity contribution in [1.29, 1.82) is 0 Å². The van der Waals surface area contributed by atoms with Gasteiger partial charge in [0.05, 0.1) is 41.0 Å². The standard InChI is InChI=1S/C34H32F3N11O2/c1-4-50-22-15-45(3)33(49)29-12-21(14-47(29)31-24-13-41-48(32(24)40-17-39-31)28-6-5-19(35)10-25(28)37)43-34-38-8-7-26(44-34)23-9-20(36)11-27-30(23)46(16-22)18(2)42-27/h5-11,13,17,21-22,29H,4,12,14-16H2,1-3H3,(H,38,43,44)/t21-,22+,29-/m0/s1. The van der Waals surface area contributed by atoms with Crippen LogP contribution in [-0.4, -0.2) is 95.0 Å². The minimum Gasteiger partial charge on any atom is -0.375 e. The quantitative estimate of drug-likeness (QED) is 0.287. The van der Waals surface area contributed by atoms with E-state index >= 15 is 0 Å². The van der Waals surface area contributed by atoms with E-state index in [1.807, 2.05) is 23.3 Å². The van der Waals surface area contributed by atoms with E-state index in [4.69, 9.17) is 9.72 Å². The predicted octanol–water partition coefficient (Wildman–Crippen LogP) is 4.28. The Kier molecular flexibility index (Phi) is 7.81. The fourth-order valence-electron chi connectivity index (χ4n) is 7.08. The van der Waals surface area contributed by atoms with Crippen LogP contribution in [0.25, 0.3) is 39.0 Å². The highest BCUT2D eigenvalue weighted by Gasteiger charge is 2.41. The lowest BCUT2D eigenvalue weighted by molar-refractivity contribution is -0.133. The molecule has 1 fully saturated rings. The molecule has 4 bridgehead atoms. The largest absolute Gasteiger partial charge is 0.375 e. The number of hydrogen-bond acceptors (Lipinski definition) is 10. The fraction of sp³-hybridized carbons (Fsp3) is 0.324. The van der Waals surface area contributed by atoms with E-state index in [1.54, 1.807) is 24.2 Å². The second-order valence-corrected chi connectivity index (χ2v) is 12.5. The first-order valence-corrected chi connectivity index (χ1v) is 16.2. The van der Waals surface area contributed by atoms with Crippen LogP contribution in [0.4, 0.5) is 24.9 Å². The summed E-state index contributed by atoms with van der Waals surface area (Å²) in [5.41, 5.74) is 2.58. The first kappa shape index (κ1) is 31.6. The van der Waals surface area contributed by atoms with Crippen molar-refractivity contribution in [2.45, 2.75) is 45.0 Å². The van der Waals surface area contributed by atoms with Gasteiger partial charge in [0.25, 0.3) is 0 Å². The Morgan fingerprint density at radius 1 is 1.00 bits per heavy atom. The average Bonchev–Trinajstić information content (AvgIpc) is 3.79. The number of carbonyl (C=O) groups excluding carboxylic acids is 1. The van der Waals surface area contributed by atoms with Crippen LogP contribution in [0.5, 0.6) is 0 Å². The van der Waals surface area contributed by atoms with Crippen LogP contribution in [0.3, 0.4) is 0 Å². The summed E-state index contributed by atoms with van der Waals surface area (Å²) in [4.78, 5) is 40.8. The van der Waals surface area contributed by atoms with Crippen LogP contribution in [0.1, 0.15) is 19.2 Å². The summed E-state index contributed by atoms with van der Waals surface area (Å²) in [6.07, 6.45) is 4.39. The number of carbonyl (C=O) groups is 1. The van der Waals surface area contributed by atoms with Gasteiger partial charge in [0, 0.05) is 56.7 Å². The molecular weight excluding hydrogens is 651 g/mol. The molecule has 1 amide bonds. The van der Waals surface area contributed by atoms with Gasteiger partial charge in [0.2, 0.25) is 11.9 Å². The number of hydrogen-bond donors (Lipinski definition) is 1. The molecule has 2 aliphatic rings. The number of ether oxygens (including phenoxy) is 1. The summed E-state index contributed by atoms with van der Waals surface area (Å²) < 4.78 is 52.9. The highest BCUT2D eigenvalue weighted by atomic mass is 19.1. The smallest absolute Gasteiger partial charge is 0.245 e. The minimum absolute atomic E-state index is 0.0201. The lowest BCUT2D eigenvalue weighted by Crippen LogP contribution is -2.47. The normalized spacial score (nSPS) is 19.6. The maximum Gasteiger partial charge on any atom is 0.245 e. The molecule has 16 heteroatoms. The van der Waals surface area contributed by atoms with Gasteiger partial charge in [-0.05, 0) is 44.5 Å². The van der Waals surface area contributed by atoms with Crippen LogP contribution >= 0.6 is 0 Å². The van der Waals surface area contributed by atoms with E-state index in [2.05, 4.69) is 30.4 Å². The number of rotatable bonds is 4. The Labute approximate surface area is 283 Å². The highest BCUT2D eigenvalue weighted by molar-refractivity contribution is 5.93. The molecule has 0 aliphatic carbocycles. The molecule has 50 heavy (non-hydrogen) atoms. The SMILES string of the molecule is CCO[C@@H]1CN(C)C(=O)[C@@H]2C[C@@H](CN2c2ncnc3c2cnn3-c2ccc(F)cc2F)Nc2nccc(n2)-c2cc(F)cc3nc(C)n(c23)C1. The maximum atomic E-state index is 15.0. The van der Waals surface area contributed by atoms with E-state index in [0.29, 0.717) is 77.0 Å². The zero-order chi connectivity index (χ0) is 34.7. The number of fused-ring (bicyclic) bond motifs is 6. The molecule has 3 atom stereocenters. The Morgan fingerprint density at radius 3 is 2.68 bits per heavy atom. The van der Waals surface area contributed by atoms with Gasteiger partial charge in [-0.15, -0.1) is 0 Å². The number of amides is 1. The van der Waals surface area contributed by atoms with Crippen LogP contribution in [-0.2, 0) is 16.1 Å². The van der Waals surface area contributed by atoms with Gasteiger partial charge < -0.3 is 24.4 Å². The molecule has 6 heterocycles. The Hall–Kier alpha value is -5.64. The molecule has 0 spiro atoms. The highest BCUT2D eigenvalue weighted by Crippen LogP contribution is 2.34. The third kappa shape index (κ3) is 5.45. The number of nitrogens with one attached hydrogen (secondary N) is 1.